The second kappa shape index (κ2) is 7.38. The molecule has 1 aromatic heterocycles. The van der Waals surface area contributed by atoms with E-state index in [1.807, 2.05) is 19.1 Å². The third-order valence-corrected chi connectivity index (χ3v) is 4.37. The molecule has 0 radical (unpaired) electrons. The van der Waals surface area contributed by atoms with Crippen LogP contribution in [-0.2, 0) is 6.54 Å². The van der Waals surface area contributed by atoms with E-state index in [-0.39, 0.29) is 12.1 Å². The van der Waals surface area contributed by atoms with Gasteiger partial charge in [0.05, 0.1) is 6.54 Å². The molecule has 24 heavy (non-hydrogen) atoms. The quantitative estimate of drug-likeness (QED) is 0.937. The average Bonchev–Trinajstić information content (AvgIpc) is 3.01. The van der Waals surface area contributed by atoms with Crippen molar-refractivity contribution in [1.82, 2.24) is 15.4 Å². The fraction of sp³-hybridized carbons (Fsp3) is 0.444. The molecular weight excluding hydrogens is 304 g/mol. The zero-order valence-corrected chi connectivity index (χ0v) is 14.2. The molecule has 1 aliphatic heterocycles. The summed E-state index contributed by atoms with van der Waals surface area (Å²) >= 11 is 0. The maximum atomic E-state index is 12.3. The van der Waals surface area contributed by atoms with E-state index in [1.54, 1.807) is 11.9 Å². The Balaban J connectivity index is 1.46. The second-order valence-electron chi connectivity index (χ2n) is 6.33. The minimum Gasteiger partial charge on any atom is -0.371 e. The van der Waals surface area contributed by atoms with E-state index in [2.05, 4.69) is 39.6 Å². The first-order valence-corrected chi connectivity index (χ1v) is 8.35. The van der Waals surface area contributed by atoms with E-state index < -0.39 is 0 Å². The number of para-hydroxylation sites is 1. The molecule has 1 aromatic carbocycles. The maximum absolute atomic E-state index is 12.3. The van der Waals surface area contributed by atoms with Crippen molar-refractivity contribution in [3.8, 4) is 0 Å². The third-order valence-electron chi connectivity index (χ3n) is 4.37. The Labute approximate surface area is 142 Å². The standard InChI is InChI=1S/C18H24N4O2/c1-14-12-16(20-24-14)13-21(2)18(23)19-15-8-10-22(11-9-15)17-6-4-3-5-7-17/h3-7,12,15H,8-11,13H2,1-2H3,(H,19,23). The molecule has 0 unspecified atom stereocenters. The van der Waals surface area contributed by atoms with Crippen molar-refractivity contribution in [3.63, 3.8) is 0 Å². The van der Waals surface area contributed by atoms with E-state index in [0.29, 0.717) is 6.54 Å². The smallest absolute Gasteiger partial charge is 0.317 e. The number of carbonyl (C=O) groups excluding carboxylic acids is 1. The number of benzene rings is 1. The van der Waals surface area contributed by atoms with E-state index in [4.69, 9.17) is 4.52 Å². The molecule has 128 valence electrons. The topological polar surface area (TPSA) is 61.6 Å². The van der Waals surface area contributed by atoms with Gasteiger partial charge in [-0.25, -0.2) is 4.79 Å². The predicted octanol–water partition coefficient (Wildman–Crippen LogP) is 2.79. The zero-order valence-electron chi connectivity index (χ0n) is 14.2. The number of anilines is 1. The minimum atomic E-state index is -0.0613. The van der Waals surface area contributed by atoms with Crippen LogP contribution >= 0.6 is 0 Å². The molecule has 3 rings (SSSR count). The lowest BCUT2D eigenvalue weighted by molar-refractivity contribution is 0.199. The first kappa shape index (κ1) is 16.4. The molecule has 6 nitrogen and oxygen atoms in total. The molecule has 1 fully saturated rings. The first-order chi connectivity index (χ1) is 11.6. The van der Waals surface area contributed by atoms with Crippen molar-refractivity contribution in [1.29, 1.82) is 0 Å². The molecule has 0 aliphatic carbocycles. The van der Waals surface area contributed by atoms with E-state index in [1.165, 1.54) is 5.69 Å². The van der Waals surface area contributed by atoms with Gasteiger partial charge < -0.3 is 19.6 Å². The fourth-order valence-corrected chi connectivity index (χ4v) is 3.01. The summed E-state index contributed by atoms with van der Waals surface area (Å²) < 4.78 is 5.04. The summed E-state index contributed by atoms with van der Waals surface area (Å²) in [7, 11) is 1.78. The monoisotopic (exact) mass is 328 g/mol. The SMILES string of the molecule is Cc1cc(CN(C)C(=O)NC2CCN(c3ccccc3)CC2)no1. The number of carbonyl (C=O) groups is 1. The van der Waals surface area contributed by atoms with Crippen LogP contribution in [0.5, 0.6) is 0 Å². The second-order valence-corrected chi connectivity index (χ2v) is 6.33. The average molecular weight is 328 g/mol. The lowest BCUT2D eigenvalue weighted by Crippen LogP contribution is -2.48. The zero-order chi connectivity index (χ0) is 16.9. The van der Waals surface area contributed by atoms with Crippen LogP contribution in [0.3, 0.4) is 0 Å². The molecule has 6 heteroatoms. The lowest BCUT2D eigenvalue weighted by Gasteiger charge is -2.34. The van der Waals surface area contributed by atoms with Crippen LogP contribution in [-0.4, -0.2) is 42.3 Å². The van der Waals surface area contributed by atoms with Gasteiger partial charge >= 0.3 is 6.03 Å². The van der Waals surface area contributed by atoms with Crippen LogP contribution in [0.15, 0.2) is 40.9 Å². The van der Waals surface area contributed by atoms with E-state index in [9.17, 15) is 4.79 Å². The molecule has 1 N–H and O–H groups in total. The summed E-state index contributed by atoms with van der Waals surface area (Å²) in [6.07, 6.45) is 1.91. The lowest BCUT2D eigenvalue weighted by atomic mass is 10.0. The van der Waals surface area contributed by atoms with Gasteiger partial charge in [-0.2, -0.15) is 0 Å². The molecule has 0 bridgehead atoms. The van der Waals surface area contributed by atoms with Gasteiger partial charge in [-0.05, 0) is 31.9 Å². The van der Waals surface area contributed by atoms with Crippen molar-refractivity contribution >= 4 is 11.7 Å². The van der Waals surface area contributed by atoms with Gasteiger partial charge in [-0.3, -0.25) is 0 Å². The Bertz CT molecular complexity index is 663. The van der Waals surface area contributed by atoms with Crippen molar-refractivity contribution in [3.05, 3.63) is 47.9 Å². The first-order valence-electron chi connectivity index (χ1n) is 8.35. The number of urea groups is 1. The number of nitrogens with zero attached hydrogens (tertiary/aromatic N) is 3. The van der Waals surface area contributed by atoms with Gasteiger partial charge in [0.2, 0.25) is 0 Å². The van der Waals surface area contributed by atoms with Crippen LogP contribution in [0.4, 0.5) is 10.5 Å². The van der Waals surface area contributed by atoms with Gasteiger partial charge in [0.1, 0.15) is 11.5 Å². The Morgan fingerprint density at radius 1 is 1.33 bits per heavy atom. The summed E-state index contributed by atoms with van der Waals surface area (Å²) in [6, 6.07) is 12.4. The van der Waals surface area contributed by atoms with Crippen LogP contribution in [0, 0.1) is 6.92 Å². The number of aryl methyl sites for hydroxylation is 1. The number of hydrogen-bond donors (Lipinski definition) is 1. The van der Waals surface area contributed by atoms with Crippen LogP contribution in [0.2, 0.25) is 0 Å². The Kier molecular flexibility index (Phi) is 5.03. The van der Waals surface area contributed by atoms with Crippen LogP contribution < -0.4 is 10.2 Å². The van der Waals surface area contributed by atoms with E-state index >= 15 is 0 Å². The Morgan fingerprint density at radius 2 is 2.04 bits per heavy atom. The van der Waals surface area contributed by atoms with Gasteiger partial charge in [0.15, 0.2) is 0 Å². The molecule has 1 aliphatic rings. The molecule has 2 aromatic rings. The summed E-state index contributed by atoms with van der Waals surface area (Å²) in [4.78, 5) is 16.3. The Morgan fingerprint density at radius 3 is 2.67 bits per heavy atom. The van der Waals surface area contributed by atoms with Crippen LogP contribution in [0.25, 0.3) is 0 Å². The highest BCUT2D eigenvalue weighted by atomic mass is 16.5. The highest BCUT2D eigenvalue weighted by molar-refractivity contribution is 5.74. The Hall–Kier alpha value is -2.50. The van der Waals surface area contributed by atoms with E-state index in [0.717, 1.165) is 37.4 Å². The molecule has 0 saturated carbocycles. The summed E-state index contributed by atoms with van der Waals surface area (Å²) in [6.45, 7) is 4.21. The van der Waals surface area contributed by atoms with Gasteiger partial charge in [0, 0.05) is 37.9 Å². The molecular formula is C18H24N4O2. The third kappa shape index (κ3) is 4.07. The number of aromatic nitrogens is 1. The molecule has 0 atom stereocenters. The predicted molar refractivity (Wildman–Crippen MR) is 92.9 cm³/mol. The highest BCUT2D eigenvalue weighted by Gasteiger charge is 2.22. The maximum Gasteiger partial charge on any atom is 0.317 e. The number of amides is 2. The van der Waals surface area contributed by atoms with Crippen molar-refractivity contribution in [2.24, 2.45) is 0 Å². The highest BCUT2D eigenvalue weighted by Crippen LogP contribution is 2.19. The molecule has 2 heterocycles. The summed E-state index contributed by atoms with van der Waals surface area (Å²) in [5, 5.41) is 7.04. The fourth-order valence-electron chi connectivity index (χ4n) is 3.01. The largest absolute Gasteiger partial charge is 0.371 e. The van der Waals surface area contributed by atoms with Crippen LogP contribution in [0.1, 0.15) is 24.3 Å². The number of nitrogens with one attached hydrogen (secondary N) is 1. The molecule has 1 saturated heterocycles. The summed E-state index contributed by atoms with van der Waals surface area (Å²) in [5.74, 6) is 0.757. The molecule has 0 spiro atoms. The van der Waals surface area contributed by atoms with Gasteiger partial charge in [-0.1, -0.05) is 23.4 Å². The number of piperidine rings is 1. The minimum absolute atomic E-state index is 0.0613. The molecule has 2 amide bonds. The van der Waals surface area contributed by atoms with Crippen molar-refractivity contribution in [2.75, 3.05) is 25.0 Å². The summed E-state index contributed by atoms with van der Waals surface area (Å²) in [5.41, 5.74) is 2.02. The van der Waals surface area contributed by atoms with Crippen molar-refractivity contribution in [2.45, 2.75) is 32.4 Å². The van der Waals surface area contributed by atoms with Gasteiger partial charge in [-0.15, -0.1) is 0 Å². The number of hydrogen-bond acceptors (Lipinski definition) is 4. The van der Waals surface area contributed by atoms with Crippen molar-refractivity contribution < 1.29 is 9.32 Å². The number of rotatable bonds is 4. The van der Waals surface area contributed by atoms with Gasteiger partial charge in [0.25, 0.3) is 0 Å². The normalized spacial score (nSPS) is 15.3.